The summed E-state index contributed by atoms with van der Waals surface area (Å²) in [5.74, 6) is -1.45. The topological polar surface area (TPSA) is 55.2 Å². The van der Waals surface area contributed by atoms with Gasteiger partial charge in [0, 0.05) is 17.6 Å². The van der Waals surface area contributed by atoms with E-state index in [0.29, 0.717) is 5.56 Å². The molecule has 0 saturated heterocycles. The molecule has 0 bridgehead atoms. The second-order valence-corrected chi connectivity index (χ2v) is 4.46. The van der Waals surface area contributed by atoms with Crippen molar-refractivity contribution in [2.75, 3.05) is 5.32 Å². The van der Waals surface area contributed by atoms with Crippen molar-refractivity contribution in [3.63, 3.8) is 0 Å². The molecule has 0 aliphatic heterocycles. The van der Waals surface area contributed by atoms with Crippen LogP contribution < -0.4 is 5.32 Å². The number of nitro groups is 1. The van der Waals surface area contributed by atoms with Gasteiger partial charge in [-0.15, -0.1) is 0 Å². The zero-order valence-electron chi connectivity index (χ0n) is 10.1. The van der Waals surface area contributed by atoms with E-state index >= 15 is 0 Å². The van der Waals surface area contributed by atoms with Crippen molar-refractivity contribution in [3.8, 4) is 0 Å². The van der Waals surface area contributed by atoms with Crippen LogP contribution in [-0.2, 0) is 6.54 Å². The third kappa shape index (κ3) is 3.21. The molecule has 0 heterocycles. The Kier molecular flexibility index (Phi) is 4.14. The summed E-state index contributed by atoms with van der Waals surface area (Å²) in [5.41, 5.74) is 0.0852. The first-order valence-electron chi connectivity index (χ1n) is 5.59. The largest absolute Gasteiger partial charge is 0.379 e. The molecule has 2 rings (SSSR count). The van der Waals surface area contributed by atoms with Gasteiger partial charge in [-0.1, -0.05) is 17.7 Å². The number of anilines is 1. The van der Waals surface area contributed by atoms with E-state index in [1.807, 2.05) is 0 Å². The number of hydrogen-bond acceptors (Lipinski definition) is 3. The maximum atomic E-state index is 13.5. The van der Waals surface area contributed by atoms with Crippen LogP contribution in [0.3, 0.4) is 0 Å². The zero-order valence-corrected chi connectivity index (χ0v) is 10.8. The summed E-state index contributed by atoms with van der Waals surface area (Å²) in [7, 11) is 0. The van der Waals surface area contributed by atoms with Crippen LogP contribution in [-0.4, -0.2) is 4.92 Å². The summed E-state index contributed by atoms with van der Waals surface area (Å²) in [6.07, 6.45) is 0. The highest BCUT2D eigenvalue weighted by Crippen LogP contribution is 2.21. The molecule has 0 amide bonds. The molecule has 2 aromatic carbocycles. The van der Waals surface area contributed by atoms with Gasteiger partial charge in [0.15, 0.2) is 0 Å². The monoisotopic (exact) mass is 298 g/mol. The first-order valence-corrected chi connectivity index (χ1v) is 5.97. The van der Waals surface area contributed by atoms with Crippen LogP contribution in [0.5, 0.6) is 0 Å². The van der Waals surface area contributed by atoms with Crippen LogP contribution in [0.15, 0.2) is 36.4 Å². The molecule has 0 atom stereocenters. The maximum absolute atomic E-state index is 13.5. The van der Waals surface area contributed by atoms with Crippen LogP contribution in [0.4, 0.5) is 20.2 Å². The molecule has 20 heavy (non-hydrogen) atoms. The smallest absolute Gasteiger partial charge is 0.304 e. The third-order valence-electron chi connectivity index (χ3n) is 2.62. The van der Waals surface area contributed by atoms with E-state index in [9.17, 15) is 18.9 Å². The standard InChI is InChI=1S/C13H9ClF2N2O2/c14-9-2-3-12(10(15)6-9)17-7-8-1-4-13(18(19)20)11(16)5-8/h1-6,17H,7H2. The number of nitrogens with one attached hydrogen (secondary N) is 1. The number of rotatable bonds is 4. The Morgan fingerprint density at radius 1 is 1.15 bits per heavy atom. The van der Waals surface area contributed by atoms with E-state index in [2.05, 4.69) is 5.32 Å². The van der Waals surface area contributed by atoms with E-state index in [-0.39, 0.29) is 17.3 Å². The lowest BCUT2D eigenvalue weighted by Crippen LogP contribution is -2.02. The molecule has 0 aromatic heterocycles. The average molecular weight is 299 g/mol. The van der Waals surface area contributed by atoms with Crippen LogP contribution in [0.1, 0.15) is 5.56 Å². The number of nitro benzene ring substituents is 1. The molecule has 0 spiro atoms. The molecular weight excluding hydrogens is 290 g/mol. The normalized spacial score (nSPS) is 10.3. The van der Waals surface area contributed by atoms with E-state index in [1.165, 1.54) is 18.2 Å². The molecule has 1 N–H and O–H groups in total. The van der Waals surface area contributed by atoms with Crippen LogP contribution >= 0.6 is 11.6 Å². The Morgan fingerprint density at radius 3 is 2.50 bits per heavy atom. The first-order chi connectivity index (χ1) is 9.47. The number of halogens is 3. The molecule has 2 aromatic rings. The Labute approximate surface area is 118 Å². The first kappa shape index (κ1) is 14.2. The summed E-state index contributed by atoms with van der Waals surface area (Å²) in [4.78, 5) is 9.68. The summed E-state index contributed by atoms with van der Waals surface area (Å²) < 4.78 is 26.9. The van der Waals surface area contributed by atoms with Gasteiger partial charge in [0.2, 0.25) is 5.82 Å². The van der Waals surface area contributed by atoms with Gasteiger partial charge in [0.05, 0.1) is 10.6 Å². The SMILES string of the molecule is O=[N+]([O-])c1ccc(CNc2ccc(Cl)cc2F)cc1F. The van der Waals surface area contributed by atoms with Gasteiger partial charge in [-0.05, 0) is 29.8 Å². The van der Waals surface area contributed by atoms with Crippen molar-refractivity contribution in [3.05, 3.63) is 68.7 Å². The lowest BCUT2D eigenvalue weighted by Gasteiger charge is -2.08. The van der Waals surface area contributed by atoms with Gasteiger partial charge in [-0.25, -0.2) is 4.39 Å². The molecule has 0 radical (unpaired) electrons. The van der Waals surface area contributed by atoms with Gasteiger partial charge < -0.3 is 5.32 Å². The lowest BCUT2D eigenvalue weighted by molar-refractivity contribution is -0.387. The highest BCUT2D eigenvalue weighted by atomic mass is 35.5. The Bertz CT molecular complexity index is 665. The Morgan fingerprint density at radius 2 is 1.90 bits per heavy atom. The quantitative estimate of drug-likeness (QED) is 0.682. The summed E-state index contributed by atoms with van der Waals surface area (Å²) >= 11 is 5.62. The summed E-state index contributed by atoms with van der Waals surface area (Å²) in [5, 5.41) is 13.5. The van der Waals surface area contributed by atoms with Gasteiger partial charge in [-0.2, -0.15) is 4.39 Å². The number of nitrogens with zero attached hydrogens (tertiary/aromatic N) is 1. The predicted octanol–water partition coefficient (Wildman–Crippen LogP) is 4.14. The Balaban J connectivity index is 2.11. The van der Waals surface area contributed by atoms with Crippen molar-refractivity contribution in [2.24, 2.45) is 0 Å². The fourth-order valence-corrected chi connectivity index (χ4v) is 1.80. The predicted molar refractivity (Wildman–Crippen MR) is 71.8 cm³/mol. The molecule has 0 aliphatic rings. The molecule has 104 valence electrons. The van der Waals surface area contributed by atoms with Gasteiger partial charge in [0.25, 0.3) is 0 Å². The molecule has 0 fully saturated rings. The van der Waals surface area contributed by atoms with Crippen LogP contribution in [0.25, 0.3) is 0 Å². The van der Waals surface area contributed by atoms with E-state index < -0.39 is 22.2 Å². The molecule has 4 nitrogen and oxygen atoms in total. The molecular formula is C13H9ClF2N2O2. The second kappa shape index (κ2) is 5.83. The number of hydrogen-bond donors (Lipinski definition) is 1. The molecule has 0 unspecified atom stereocenters. The van der Waals surface area contributed by atoms with Gasteiger partial charge >= 0.3 is 5.69 Å². The van der Waals surface area contributed by atoms with Gasteiger partial charge in [-0.3, -0.25) is 10.1 Å². The molecule has 7 heteroatoms. The van der Waals surface area contributed by atoms with E-state index in [1.54, 1.807) is 0 Å². The Hall–Kier alpha value is -2.21. The van der Waals surface area contributed by atoms with Crippen molar-refractivity contribution >= 4 is 23.0 Å². The van der Waals surface area contributed by atoms with Crippen molar-refractivity contribution in [2.45, 2.75) is 6.54 Å². The zero-order chi connectivity index (χ0) is 14.7. The minimum Gasteiger partial charge on any atom is -0.379 e. The summed E-state index contributed by atoms with van der Waals surface area (Å²) in [6.45, 7) is 0.132. The average Bonchev–Trinajstić information content (AvgIpc) is 2.37. The van der Waals surface area contributed by atoms with Crippen LogP contribution in [0.2, 0.25) is 5.02 Å². The fourth-order valence-electron chi connectivity index (χ4n) is 1.64. The minimum atomic E-state index is -0.925. The lowest BCUT2D eigenvalue weighted by atomic mass is 10.2. The molecule has 0 saturated carbocycles. The number of benzene rings is 2. The maximum Gasteiger partial charge on any atom is 0.304 e. The van der Waals surface area contributed by atoms with Crippen molar-refractivity contribution in [1.82, 2.24) is 0 Å². The third-order valence-corrected chi connectivity index (χ3v) is 2.86. The van der Waals surface area contributed by atoms with Crippen LogP contribution in [0, 0.1) is 21.7 Å². The highest BCUT2D eigenvalue weighted by molar-refractivity contribution is 6.30. The van der Waals surface area contributed by atoms with E-state index in [4.69, 9.17) is 11.6 Å². The van der Waals surface area contributed by atoms with E-state index in [0.717, 1.165) is 18.2 Å². The van der Waals surface area contributed by atoms with Gasteiger partial charge in [0.1, 0.15) is 5.82 Å². The summed E-state index contributed by atoms with van der Waals surface area (Å²) in [6, 6.07) is 7.65. The minimum absolute atomic E-state index is 0.132. The molecule has 0 aliphatic carbocycles. The van der Waals surface area contributed by atoms with Crippen molar-refractivity contribution in [1.29, 1.82) is 0 Å². The highest BCUT2D eigenvalue weighted by Gasteiger charge is 2.13. The van der Waals surface area contributed by atoms with Crippen molar-refractivity contribution < 1.29 is 13.7 Å². The fraction of sp³-hybridized carbons (Fsp3) is 0.0769. The second-order valence-electron chi connectivity index (χ2n) is 4.02.